The highest BCUT2D eigenvalue weighted by atomic mass is 14.4. The van der Waals surface area contributed by atoms with Crippen molar-refractivity contribution in [2.24, 2.45) is 17.8 Å². The lowest BCUT2D eigenvalue weighted by atomic mass is 9.66. The summed E-state index contributed by atoms with van der Waals surface area (Å²) in [5, 5.41) is 9.16. The van der Waals surface area contributed by atoms with Crippen LogP contribution in [0.2, 0.25) is 0 Å². The van der Waals surface area contributed by atoms with Gasteiger partial charge in [0, 0.05) is 0 Å². The summed E-state index contributed by atoms with van der Waals surface area (Å²) < 4.78 is 0. The molecule has 1 aliphatic carbocycles. The Morgan fingerprint density at radius 3 is 2.07 bits per heavy atom. The summed E-state index contributed by atoms with van der Waals surface area (Å²) in [4.78, 5) is 0. The summed E-state index contributed by atoms with van der Waals surface area (Å²) in [6.07, 6.45) is 16.0. The standard InChI is InChI=1S/C27H27N/c1-3-22(17-18-27-21(2)19-26(27)20-28)9-10-24-13-15-25(16-14-24)12-11-23-7-5-4-6-8-23/h3-18,21,26-27H,19H2,1-2H3/b10-9+,12-11+,18-17-,22-3-. The van der Waals surface area contributed by atoms with Gasteiger partial charge in [-0.15, -0.1) is 0 Å². The zero-order valence-corrected chi connectivity index (χ0v) is 16.6. The number of benzene rings is 2. The fourth-order valence-electron chi connectivity index (χ4n) is 3.52. The summed E-state index contributed by atoms with van der Waals surface area (Å²) in [5.41, 5.74) is 4.74. The molecule has 0 aliphatic heterocycles. The van der Waals surface area contributed by atoms with Gasteiger partial charge < -0.3 is 0 Å². The lowest BCUT2D eigenvalue weighted by Crippen LogP contribution is -2.32. The SMILES string of the molecule is C/C=C(\C=C/C1C(C)CC1C#N)/C=C/c1ccc(/C=C/c2ccccc2)cc1. The third kappa shape index (κ3) is 5.21. The highest BCUT2D eigenvalue weighted by Gasteiger charge is 2.35. The molecule has 3 atom stereocenters. The molecule has 0 amide bonds. The first kappa shape index (κ1) is 19.6. The van der Waals surface area contributed by atoms with Crippen LogP contribution < -0.4 is 0 Å². The van der Waals surface area contributed by atoms with E-state index in [0.29, 0.717) is 11.8 Å². The smallest absolute Gasteiger partial charge is 0.0662 e. The lowest BCUT2D eigenvalue weighted by Gasteiger charge is -2.36. The average molecular weight is 366 g/mol. The summed E-state index contributed by atoms with van der Waals surface area (Å²) in [6, 6.07) is 21.3. The summed E-state index contributed by atoms with van der Waals surface area (Å²) >= 11 is 0. The van der Waals surface area contributed by atoms with Crippen molar-refractivity contribution in [2.75, 3.05) is 0 Å². The molecular weight excluding hydrogens is 338 g/mol. The van der Waals surface area contributed by atoms with Crippen LogP contribution in [0.5, 0.6) is 0 Å². The molecule has 2 aromatic rings. The van der Waals surface area contributed by atoms with Crippen LogP contribution in [0, 0.1) is 29.1 Å². The zero-order chi connectivity index (χ0) is 19.8. The van der Waals surface area contributed by atoms with Gasteiger partial charge in [-0.2, -0.15) is 5.26 Å². The van der Waals surface area contributed by atoms with Gasteiger partial charge in [0.1, 0.15) is 0 Å². The predicted molar refractivity (Wildman–Crippen MR) is 120 cm³/mol. The van der Waals surface area contributed by atoms with Gasteiger partial charge in [0.05, 0.1) is 12.0 Å². The van der Waals surface area contributed by atoms with Crippen LogP contribution in [0.15, 0.2) is 84.5 Å². The Morgan fingerprint density at radius 2 is 1.50 bits per heavy atom. The van der Waals surface area contributed by atoms with Crippen LogP contribution in [0.3, 0.4) is 0 Å². The molecule has 1 fully saturated rings. The van der Waals surface area contributed by atoms with Crippen LogP contribution in [-0.4, -0.2) is 0 Å². The van der Waals surface area contributed by atoms with Crippen molar-refractivity contribution in [2.45, 2.75) is 20.3 Å². The Hall–Kier alpha value is -3.11. The van der Waals surface area contributed by atoms with E-state index >= 15 is 0 Å². The predicted octanol–water partition coefficient (Wildman–Crippen LogP) is 7.17. The molecular formula is C27H27N. The first-order valence-corrected chi connectivity index (χ1v) is 9.95. The second kappa shape index (κ2) is 9.72. The highest BCUT2D eigenvalue weighted by Crippen LogP contribution is 2.40. The van der Waals surface area contributed by atoms with Gasteiger partial charge in [-0.1, -0.05) is 104 Å². The van der Waals surface area contributed by atoms with Gasteiger partial charge in [0.25, 0.3) is 0 Å². The summed E-state index contributed by atoms with van der Waals surface area (Å²) in [7, 11) is 0. The fraction of sp³-hybridized carbons (Fsp3) is 0.222. The summed E-state index contributed by atoms with van der Waals surface area (Å²) in [6.45, 7) is 4.27. The molecule has 1 nitrogen and oxygen atoms in total. The van der Waals surface area contributed by atoms with Gasteiger partial charge in [0.2, 0.25) is 0 Å². The minimum Gasteiger partial charge on any atom is -0.198 e. The van der Waals surface area contributed by atoms with E-state index in [2.05, 4.69) is 91.9 Å². The topological polar surface area (TPSA) is 23.8 Å². The monoisotopic (exact) mass is 365 g/mol. The van der Waals surface area contributed by atoms with E-state index < -0.39 is 0 Å². The van der Waals surface area contributed by atoms with Crippen molar-refractivity contribution in [1.82, 2.24) is 0 Å². The van der Waals surface area contributed by atoms with Crippen molar-refractivity contribution in [1.29, 1.82) is 5.26 Å². The Balaban J connectivity index is 1.60. The van der Waals surface area contributed by atoms with E-state index in [1.165, 1.54) is 22.3 Å². The quantitative estimate of drug-likeness (QED) is 0.393. The van der Waals surface area contributed by atoms with E-state index in [0.717, 1.165) is 6.42 Å². The second-order valence-corrected chi connectivity index (χ2v) is 7.42. The Kier molecular flexibility index (Phi) is 6.82. The average Bonchev–Trinajstić information content (AvgIpc) is 2.74. The van der Waals surface area contributed by atoms with E-state index in [9.17, 15) is 0 Å². The normalized spacial score (nSPS) is 22.6. The van der Waals surface area contributed by atoms with Gasteiger partial charge in [-0.25, -0.2) is 0 Å². The maximum Gasteiger partial charge on any atom is 0.0662 e. The molecule has 28 heavy (non-hydrogen) atoms. The maximum atomic E-state index is 9.16. The Labute approximate surface area is 169 Å². The van der Waals surface area contributed by atoms with Crippen molar-refractivity contribution in [3.05, 3.63) is 101 Å². The first-order chi connectivity index (χ1) is 13.7. The Morgan fingerprint density at radius 1 is 0.893 bits per heavy atom. The van der Waals surface area contributed by atoms with Gasteiger partial charge >= 0.3 is 0 Å². The van der Waals surface area contributed by atoms with Crippen LogP contribution >= 0.6 is 0 Å². The van der Waals surface area contributed by atoms with Gasteiger partial charge in [-0.3, -0.25) is 0 Å². The summed E-state index contributed by atoms with van der Waals surface area (Å²) in [5.74, 6) is 1.19. The van der Waals surface area contributed by atoms with Crippen LogP contribution in [0.25, 0.3) is 18.2 Å². The Bertz CT molecular complexity index is 920. The number of rotatable bonds is 6. The van der Waals surface area contributed by atoms with Crippen LogP contribution in [0.1, 0.15) is 37.0 Å². The molecule has 0 bridgehead atoms. The number of hydrogen-bond donors (Lipinski definition) is 0. The van der Waals surface area contributed by atoms with Crippen molar-refractivity contribution in [3.63, 3.8) is 0 Å². The maximum absolute atomic E-state index is 9.16. The minimum atomic E-state index is 0.185. The molecule has 0 radical (unpaired) electrons. The molecule has 1 saturated carbocycles. The zero-order valence-electron chi connectivity index (χ0n) is 16.6. The largest absolute Gasteiger partial charge is 0.198 e. The molecule has 1 aliphatic rings. The molecule has 0 heterocycles. The number of nitriles is 1. The number of hydrogen-bond acceptors (Lipinski definition) is 1. The van der Waals surface area contributed by atoms with Crippen LogP contribution in [-0.2, 0) is 0 Å². The molecule has 2 aromatic carbocycles. The highest BCUT2D eigenvalue weighted by molar-refractivity contribution is 5.70. The van der Waals surface area contributed by atoms with Gasteiger partial charge in [0.15, 0.2) is 0 Å². The van der Waals surface area contributed by atoms with E-state index in [-0.39, 0.29) is 5.92 Å². The molecule has 0 spiro atoms. The number of nitrogens with zero attached hydrogens (tertiary/aromatic N) is 1. The van der Waals surface area contributed by atoms with E-state index in [1.54, 1.807) is 0 Å². The van der Waals surface area contributed by atoms with Crippen molar-refractivity contribution < 1.29 is 0 Å². The van der Waals surface area contributed by atoms with Gasteiger partial charge in [-0.05, 0) is 47.4 Å². The third-order valence-electron chi connectivity index (χ3n) is 5.43. The molecule has 0 saturated heterocycles. The molecule has 3 rings (SSSR count). The fourth-order valence-corrected chi connectivity index (χ4v) is 3.52. The molecule has 1 heteroatoms. The molecule has 140 valence electrons. The molecule has 0 N–H and O–H groups in total. The van der Waals surface area contributed by atoms with Crippen LogP contribution in [0.4, 0.5) is 0 Å². The lowest BCUT2D eigenvalue weighted by molar-refractivity contribution is 0.181. The minimum absolute atomic E-state index is 0.185. The van der Waals surface area contributed by atoms with E-state index in [4.69, 9.17) is 5.26 Å². The second-order valence-electron chi connectivity index (χ2n) is 7.42. The number of allylic oxidation sites excluding steroid dienone is 5. The van der Waals surface area contributed by atoms with E-state index in [1.807, 2.05) is 25.1 Å². The molecule has 0 aromatic heterocycles. The van der Waals surface area contributed by atoms with Crippen molar-refractivity contribution >= 4 is 18.2 Å². The first-order valence-electron chi connectivity index (χ1n) is 9.95. The van der Waals surface area contributed by atoms with Crippen molar-refractivity contribution in [3.8, 4) is 6.07 Å². The molecule has 3 unspecified atom stereocenters. The third-order valence-corrected chi connectivity index (χ3v) is 5.43.